The molecule has 3 rings (SSSR count). The Labute approximate surface area is 162 Å². The lowest BCUT2D eigenvalue weighted by Crippen LogP contribution is -2.61. The van der Waals surface area contributed by atoms with Crippen molar-refractivity contribution in [3.8, 4) is 11.1 Å². The SMILES string of the molecule is CC(N)(Cc1ccc(F)cc1)C(C)(N)c1ncnc(N)c1-c1ccc(F)cc1. The van der Waals surface area contributed by atoms with Gasteiger partial charge in [-0.2, -0.15) is 0 Å². The normalized spacial score (nSPS) is 15.6. The molecule has 0 saturated heterocycles. The average molecular weight is 383 g/mol. The zero-order valence-electron chi connectivity index (χ0n) is 15.8. The molecular formula is C21H23F2N5. The second kappa shape index (κ2) is 7.26. The number of nitrogens with zero attached hydrogens (tertiary/aromatic N) is 2. The number of anilines is 1. The summed E-state index contributed by atoms with van der Waals surface area (Å²) in [6.45, 7) is 3.58. The van der Waals surface area contributed by atoms with Crippen LogP contribution in [0, 0.1) is 11.6 Å². The van der Waals surface area contributed by atoms with Crippen LogP contribution in [0.5, 0.6) is 0 Å². The van der Waals surface area contributed by atoms with E-state index in [1.807, 2.05) is 6.92 Å². The van der Waals surface area contributed by atoms with Gasteiger partial charge < -0.3 is 17.2 Å². The molecule has 1 heterocycles. The number of halogens is 2. The van der Waals surface area contributed by atoms with Crippen LogP contribution in [-0.2, 0) is 12.0 Å². The van der Waals surface area contributed by atoms with Crippen LogP contribution in [0.3, 0.4) is 0 Å². The quantitative estimate of drug-likeness (QED) is 0.628. The summed E-state index contributed by atoms with van der Waals surface area (Å²) in [5.41, 5.74) is 19.8. The lowest BCUT2D eigenvalue weighted by molar-refractivity contribution is 0.256. The number of hydrogen-bond acceptors (Lipinski definition) is 5. The fourth-order valence-electron chi connectivity index (χ4n) is 3.17. The molecule has 3 aromatic rings. The van der Waals surface area contributed by atoms with Crippen molar-refractivity contribution in [2.75, 3.05) is 5.73 Å². The summed E-state index contributed by atoms with van der Waals surface area (Å²) in [4.78, 5) is 8.44. The summed E-state index contributed by atoms with van der Waals surface area (Å²) in [6, 6.07) is 12.0. The van der Waals surface area contributed by atoms with Gasteiger partial charge in [-0.1, -0.05) is 24.3 Å². The van der Waals surface area contributed by atoms with Gasteiger partial charge in [-0.3, -0.25) is 0 Å². The summed E-state index contributed by atoms with van der Waals surface area (Å²) in [7, 11) is 0. The van der Waals surface area contributed by atoms with E-state index in [-0.39, 0.29) is 17.5 Å². The standard InChI is InChI=1S/C21H23F2N5/c1-20(25,11-13-3-7-15(22)8-4-13)21(2,26)18-17(19(24)28-12-27-18)14-5-9-16(23)10-6-14/h3-10,12H,11,25-26H2,1-2H3,(H2,24,27,28). The molecule has 6 N–H and O–H groups in total. The Morgan fingerprint density at radius 2 is 1.39 bits per heavy atom. The number of hydrogen-bond donors (Lipinski definition) is 3. The van der Waals surface area contributed by atoms with E-state index in [1.165, 1.54) is 30.6 Å². The van der Waals surface area contributed by atoms with Crippen LogP contribution in [0.1, 0.15) is 25.1 Å². The average Bonchev–Trinajstić information content (AvgIpc) is 2.64. The lowest BCUT2D eigenvalue weighted by atomic mass is 9.73. The second-order valence-corrected chi connectivity index (χ2v) is 7.41. The van der Waals surface area contributed by atoms with E-state index in [4.69, 9.17) is 17.2 Å². The Hall–Kier alpha value is -2.90. The predicted molar refractivity (Wildman–Crippen MR) is 106 cm³/mol. The van der Waals surface area contributed by atoms with Gasteiger partial charge in [0.1, 0.15) is 23.8 Å². The van der Waals surface area contributed by atoms with Crippen LogP contribution >= 0.6 is 0 Å². The highest BCUT2D eigenvalue weighted by molar-refractivity contribution is 5.76. The molecule has 0 aliphatic heterocycles. The molecule has 28 heavy (non-hydrogen) atoms. The monoisotopic (exact) mass is 383 g/mol. The number of benzene rings is 2. The Balaban J connectivity index is 2.06. The molecule has 0 bridgehead atoms. The third-order valence-corrected chi connectivity index (χ3v) is 5.17. The van der Waals surface area contributed by atoms with Gasteiger partial charge in [-0.05, 0) is 55.7 Å². The minimum Gasteiger partial charge on any atom is -0.383 e. The largest absolute Gasteiger partial charge is 0.383 e. The number of nitrogen functional groups attached to an aromatic ring is 1. The van der Waals surface area contributed by atoms with E-state index >= 15 is 0 Å². The van der Waals surface area contributed by atoms with Crippen molar-refractivity contribution in [3.63, 3.8) is 0 Å². The molecule has 5 nitrogen and oxygen atoms in total. The van der Waals surface area contributed by atoms with Gasteiger partial charge in [0, 0.05) is 11.1 Å². The second-order valence-electron chi connectivity index (χ2n) is 7.41. The van der Waals surface area contributed by atoms with E-state index in [9.17, 15) is 8.78 Å². The van der Waals surface area contributed by atoms with Crippen molar-refractivity contribution in [2.24, 2.45) is 11.5 Å². The molecule has 2 atom stereocenters. The smallest absolute Gasteiger partial charge is 0.135 e. The van der Waals surface area contributed by atoms with Crippen LogP contribution in [-0.4, -0.2) is 15.5 Å². The lowest BCUT2D eigenvalue weighted by Gasteiger charge is -2.41. The van der Waals surface area contributed by atoms with Crippen molar-refractivity contribution in [1.82, 2.24) is 9.97 Å². The molecule has 0 aliphatic carbocycles. The van der Waals surface area contributed by atoms with Crippen molar-refractivity contribution < 1.29 is 8.78 Å². The van der Waals surface area contributed by atoms with Gasteiger partial charge in [0.2, 0.25) is 0 Å². The summed E-state index contributed by atoms with van der Waals surface area (Å²) >= 11 is 0. The molecule has 0 aliphatic rings. The number of aromatic nitrogens is 2. The fraction of sp³-hybridized carbons (Fsp3) is 0.238. The van der Waals surface area contributed by atoms with Crippen molar-refractivity contribution in [2.45, 2.75) is 31.3 Å². The Morgan fingerprint density at radius 3 is 1.96 bits per heavy atom. The van der Waals surface area contributed by atoms with E-state index < -0.39 is 11.1 Å². The van der Waals surface area contributed by atoms with Crippen LogP contribution in [0.25, 0.3) is 11.1 Å². The van der Waals surface area contributed by atoms with E-state index in [0.29, 0.717) is 23.2 Å². The van der Waals surface area contributed by atoms with Gasteiger partial charge in [0.05, 0.1) is 11.2 Å². The van der Waals surface area contributed by atoms with E-state index in [2.05, 4.69) is 9.97 Å². The maximum absolute atomic E-state index is 13.4. The van der Waals surface area contributed by atoms with Crippen molar-refractivity contribution in [3.05, 3.63) is 77.8 Å². The van der Waals surface area contributed by atoms with Crippen molar-refractivity contribution in [1.29, 1.82) is 0 Å². The minimum absolute atomic E-state index is 0.228. The van der Waals surface area contributed by atoms with E-state index in [1.54, 1.807) is 31.2 Å². The molecule has 0 spiro atoms. The highest BCUT2D eigenvalue weighted by atomic mass is 19.1. The first-order valence-electron chi connectivity index (χ1n) is 8.81. The van der Waals surface area contributed by atoms with Crippen LogP contribution < -0.4 is 17.2 Å². The molecular weight excluding hydrogens is 360 g/mol. The zero-order valence-corrected chi connectivity index (χ0v) is 15.8. The van der Waals surface area contributed by atoms with Crippen molar-refractivity contribution >= 4 is 5.82 Å². The highest BCUT2D eigenvalue weighted by Gasteiger charge is 2.43. The van der Waals surface area contributed by atoms with Gasteiger partial charge in [0.15, 0.2) is 0 Å². The topological polar surface area (TPSA) is 104 Å². The molecule has 0 saturated carbocycles. The summed E-state index contributed by atoms with van der Waals surface area (Å²) < 4.78 is 26.6. The molecule has 2 aromatic carbocycles. The first-order valence-corrected chi connectivity index (χ1v) is 8.81. The summed E-state index contributed by atoms with van der Waals surface area (Å²) in [5.74, 6) is -0.456. The van der Waals surface area contributed by atoms with Crippen LogP contribution in [0.15, 0.2) is 54.9 Å². The Bertz CT molecular complexity index is 967. The molecule has 0 amide bonds. The maximum atomic E-state index is 13.4. The molecule has 0 radical (unpaired) electrons. The molecule has 0 fully saturated rings. The fourth-order valence-corrected chi connectivity index (χ4v) is 3.17. The number of rotatable bonds is 5. The van der Waals surface area contributed by atoms with Gasteiger partial charge in [-0.15, -0.1) is 0 Å². The zero-order chi connectivity index (χ0) is 20.5. The Kier molecular flexibility index (Phi) is 5.14. The van der Waals surface area contributed by atoms with Crippen LogP contribution in [0.2, 0.25) is 0 Å². The molecule has 2 unspecified atom stereocenters. The first-order chi connectivity index (χ1) is 13.1. The van der Waals surface area contributed by atoms with Gasteiger partial charge in [0.25, 0.3) is 0 Å². The van der Waals surface area contributed by atoms with E-state index in [0.717, 1.165) is 5.56 Å². The van der Waals surface area contributed by atoms with Crippen LogP contribution in [0.4, 0.5) is 14.6 Å². The third kappa shape index (κ3) is 3.72. The highest BCUT2D eigenvalue weighted by Crippen LogP contribution is 2.38. The van der Waals surface area contributed by atoms with Gasteiger partial charge >= 0.3 is 0 Å². The summed E-state index contributed by atoms with van der Waals surface area (Å²) in [5, 5.41) is 0. The summed E-state index contributed by atoms with van der Waals surface area (Å²) in [6.07, 6.45) is 1.71. The Morgan fingerprint density at radius 1 is 0.857 bits per heavy atom. The first kappa shape index (κ1) is 19.9. The maximum Gasteiger partial charge on any atom is 0.135 e. The number of nitrogens with two attached hydrogens (primary N) is 3. The molecule has 7 heteroatoms. The molecule has 146 valence electrons. The predicted octanol–water partition coefficient (Wildman–Crippen LogP) is 3.14. The third-order valence-electron chi connectivity index (χ3n) is 5.17. The minimum atomic E-state index is -1.12. The molecule has 1 aromatic heterocycles. The van der Waals surface area contributed by atoms with Gasteiger partial charge in [-0.25, -0.2) is 18.7 Å².